The minimum absolute atomic E-state index is 0.152. The fraction of sp³-hybridized carbons (Fsp3) is 0.333. The smallest absolute Gasteiger partial charge is 0.261 e. The Morgan fingerprint density at radius 2 is 2.05 bits per heavy atom. The third-order valence-electron chi connectivity index (χ3n) is 3.43. The predicted octanol–water partition coefficient (Wildman–Crippen LogP) is 1.50. The van der Waals surface area contributed by atoms with Gasteiger partial charge in [-0.05, 0) is 30.0 Å². The Labute approximate surface area is 115 Å². The van der Waals surface area contributed by atoms with E-state index >= 15 is 0 Å². The van der Waals surface area contributed by atoms with Crippen molar-refractivity contribution in [1.82, 2.24) is 4.57 Å². The fourth-order valence-corrected chi connectivity index (χ4v) is 2.43. The second-order valence-electron chi connectivity index (χ2n) is 4.87. The first-order valence-electron chi connectivity index (χ1n) is 6.51. The van der Waals surface area contributed by atoms with Gasteiger partial charge in [0.25, 0.3) is 5.56 Å². The number of nitrogens with zero attached hydrogens (tertiary/aromatic N) is 1. The van der Waals surface area contributed by atoms with Gasteiger partial charge in [0.2, 0.25) is 0 Å². The van der Waals surface area contributed by atoms with E-state index in [1.807, 2.05) is 25.1 Å². The van der Waals surface area contributed by atoms with E-state index in [0.717, 1.165) is 16.5 Å². The second kappa shape index (κ2) is 5.19. The molecule has 0 atom stereocenters. The maximum atomic E-state index is 12.3. The molecule has 0 saturated carbocycles. The van der Waals surface area contributed by atoms with Crippen molar-refractivity contribution in [3.8, 4) is 0 Å². The van der Waals surface area contributed by atoms with Crippen LogP contribution in [0.2, 0.25) is 0 Å². The summed E-state index contributed by atoms with van der Waals surface area (Å²) in [5.74, 6) is 0. The van der Waals surface area contributed by atoms with Crippen molar-refractivity contribution >= 4 is 17.2 Å². The van der Waals surface area contributed by atoms with Crippen LogP contribution >= 0.6 is 0 Å². The van der Waals surface area contributed by atoms with Crippen LogP contribution < -0.4 is 5.56 Å². The third kappa shape index (κ3) is 2.26. The Balaban J connectivity index is 2.19. The van der Waals surface area contributed by atoms with Gasteiger partial charge in [0.15, 0.2) is 12.6 Å². The van der Waals surface area contributed by atoms with Crippen molar-refractivity contribution in [2.24, 2.45) is 0 Å². The average molecular weight is 273 g/mol. The van der Waals surface area contributed by atoms with Crippen LogP contribution in [-0.4, -0.2) is 30.4 Å². The zero-order valence-electron chi connectivity index (χ0n) is 11.2. The second-order valence-corrected chi connectivity index (χ2v) is 4.87. The van der Waals surface area contributed by atoms with Crippen LogP contribution in [0.15, 0.2) is 29.1 Å². The molecule has 5 heteroatoms. The van der Waals surface area contributed by atoms with Crippen molar-refractivity contribution < 1.29 is 14.3 Å². The first-order chi connectivity index (χ1) is 9.69. The highest BCUT2D eigenvalue weighted by molar-refractivity contribution is 5.86. The van der Waals surface area contributed by atoms with E-state index in [4.69, 9.17) is 9.47 Å². The number of aldehydes is 1. The van der Waals surface area contributed by atoms with E-state index in [-0.39, 0.29) is 11.1 Å². The van der Waals surface area contributed by atoms with Gasteiger partial charge in [0, 0.05) is 0 Å². The zero-order chi connectivity index (χ0) is 14.1. The first kappa shape index (κ1) is 13.0. The number of hydrogen-bond acceptors (Lipinski definition) is 4. The molecule has 0 N–H and O–H groups in total. The Hall–Kier alpha value is -1.98. The number of aryl methyl sites for hydroxylation is 1. The number of rotatable bonds is 3. The van der Waals surface area contributed by atoms with Crippen molar-refractivity contribution in [1.29, 1.82) is 0 Å². The van der Waals surface area contributed by atoms with Gasteiger partial charge in [-0.3, -0.25) is 9.59 Å². The summed E-state index contributed by atoms with van der Waals surface area (Å²) in [4.78, 5) is 23.4. The summed E-state index contributed by atoms with van der Waals surface area (Å²) < 4.78 is 12.3. The van der Waals surface area contributed by atoms with E-state index in [0.29, 0.717) is 26.0 Å². The van der Waals surface area contributed by atoms with Crippen LogP contribution in [0.4, 0.5) is 0 Å². The molecule has 1 aromatic carbocycles. The molecular weight excluding hydrogens is 258 g/mol. The lowest BCUT2D eigenvalue weighted by molar-refractivity contribution is -0.0523. The van der Waals surface area contributed by atoms with Crippen LogP contribution in [0.3, 0.4) is 0 Å². The molecule has 20 heavy (non-hydrogen) atoms. The molecule has 2 aromatic rings. The van der Waals surface area contributed by atoms with E-state index < -0.39 is 6.29 Å². The molecule has 0 spiro atoms. The number of fused-ring (bicyclic) bond motifs is 1. The summed E-state index contributed by atoms with van der Waals surface area (Å²) in [5, 5.41) is 0.857. The predicted molar refractivity (Wildman–Crippen MR) is 74.0 cm³/mol. The minimum Gasteiger partial charge on any atom is -0.348 e. The van der Waals surface area contributed by atoms with E-state index in [1.165, 1.54) is 0 Å². The van der Waals surface area contributed by atoms with Crippen LogP contribution in [0.5, 0.6) is 0 Å². The Morgan fingerprint density at radius 1 is 1.30 bits per heavy atom. The third-order valence-corrected chi connectivity index (χ3v) is 3.43. The highest BCUT2D eigenvalue weighted by atomic mass is 16.7. The van der Waals surface area contributed by atoms with Crippen LogP contribution in [-0.2, 0) is 16.0 Å². The number of pyridine rings is 1. The lowest BCUT2D eigenvalue weighted by atomic mass is 10.1. The molecular formula is C15H15NO4. The maximum Gasteiger partial charge on any atom is 0.261 e. The standard InChI is InChI=1S/C15H15NO4/c1-10-2-3-11-7-12(9-17)15(18)16(13(11)6-10)8-14-19-4-5-20-14/h2-3,6-7,9,14H,4-5,8H2,1H3. The lowest BCUT2D eigenvalue weighted by Gasteiger charge is -2.15. The largest absolute Gasteiger partial charge is 0.348 e. The summed E-state index contributed by atoms with van der Waals surface area (Å²) >= 11 is 0. The summed E-state index contributed by atoms with van der Waals surface area (Å²) in [6.45, 7) is 3.32. The lowest BCUT2D eigenvalue weighted by Crippen LogP contribution is -2.29. The number of benzene rings is 1. The molecule has 3 rings (SSSR count). The summed E-state index contributed by atoms with van der Waals surface area (Å²) in [6.07, 6.45) is 0.160. The SMILES string of the molecule is Cc1ccc2cc(C=O)c(=O)n(CC3OCCO3)c2c1. The van der Waals surface area contributed by atoms with Crippen molar-refractivity contribution in [2.75, 3.05) is 13.2 Å². The van der Waals surface area contributed by atoms with Gasteiger partial charge in [-0.25, -0.2) is 0 Å². The van der Waals surface area contributed by atoms with Crippen LogP contribution in [0.25, 0.3) is 10.9 Å². The molecule has 0 aliphatic carbocycles. The van der Waals surface area contributed by atoms with Crippen molar-refractivity contribution in [3.05, 3.63) is 45.7 Å². The molecule has 1 fully saturated rings. The highest BCUT2D eigenvalue weighted by Crippen LogP contribution is 2.17. The molecule has 0 amide bonds. The molecule has 0 radical (unpaired) electrons. The average Bonchev–Trinajstić information content (AvgIpc) is 2.95. The number of carbonyl (C=O) groups excluding carboxylic acids is 1. The van der Waals surface area contributed by atoms with Gasteiger partial charge < -0.3 is 14.0 Å². The van der Waals surface area contributed by atoms with Gasteiger partial charge >= 0.3 is 0 Å². The Morgan fingerprint density at radius 3 is 2.75 bits per heavy atom. The molecule has 1 aliphatic heterocycles. The quantitative estimate of drug-likeness (QED) is 0.795. The molecule has 2 heterocycles. The normalized spacial score (nSPS) is 15.8. The number of carbonyl (C=O) groups is 1. The topological polar surface area (TPSA) is 57.5 Å². The molecule has 0 unspecified atom stereocenters. The highest BCUT2D eigenvalue weighted by Gasteiger charge is 2.19. The molecule has 1 aromatic heterocycles. The fourth-order valence-electron chi connectivity index (χ4n) is 2.43. The summed E-state index contributed by atoms with van der Waals surface area (Å²) in [7, 11) is 0. The van der Waals surface area contributed by atoms with Crippen molar-refractivity contribution in [2.45, 2.75) is 19.8 Å². The van der Waals surface area contributed by atoms with Gasteiger partial charge in [-0.2, -0.15) is 0 Å². The monoisotopic (exact) mass is 273 g/mol. The van der Waals surface area contributed by atoms with E-state index in [1.54, 1.807) is 10.6 Å². The number of aromatic nitrogens is 1. The zero-order valence-corrected chi connectivity index (χ0v) is 11.2. The van der Waals surface area contributed by atoms with E-state index in [9.17, 15) is 9.59 Å². The maximum absolute atomic E-state index is 12.3. The summed E-state index contributed by atoms with van der Waals surface area (Å²) in [5.41, 5.74) is 1.69. The van der Waals surface area contributed by atoms with Gasteiger partial charge in [0.1, 0.15) is 0 Å². The number of hydrogen-bond donors (Lipinski definition) is 0. The molecule has 104 valence electrons. The van der Waals surface area contributed by atoms with Crippen molar-refractivity contribution in [3.63, 3.8) is 0 Å². The first-order valence-corrected chi connectivity index (χ1v) is 6.51. The van der Waals surface area contributed by atoms with Gasteiger partial charge in [-0.15, -0.1) is 0 Å². The van der Waals surface area contributed by atoms with Gasteiger partial charge in [-0.1, -0.05) is 12.1 Å². The van der Waals surface area contributed by atoms with Gasteiger partial charge in [0.05, 0.1) is 30.8 Å². The molecule has 1 saturated heterocycles. The Bertz CT molecular complexity index is 714. The molecule has 0 bridgehead atoms. The summed E-state index contributed by atoms with van der Waals surface area (Å²) in [6, 6.07) is 7.41. The minimum atomic E-state index is -0.432. The Kier molecular flexibility index (Phi) is 3.38. The van der Waals surface area contributed by atoms with Crippen LogP contribution in [0, 0.1) is 6.92 Å². The van der Waals surface area contributed by atoms with Crippen LogP contribution in [0.1, 0.15) is 15.9 Å². The number of ether oxygens (including phenoxy) is 2. The van der Waals surface area contributed by atoms with E-state index in [2.05, 4.69) is 0 Å². The molecule has 1 aliphatic rings. The molecule has 5 nitrogen and oxygen atoms in total.